The average Bonchev–Trinajstić information content (AvgIpc) is 3.32. The summed E-state index contributed by atoms with van der Waals surface area (Å²) in [5.74, 6) is 1.63. The maximum absolute atomic E-state index is 5.44. The van der Waals surface area contributed by atoms with Crippen molar-refractivity contribution in [2.75, 3.05) is 20.8 Å². The predicted octanol–water partition coefficient (Wildman–Crippen LogP) is 4.09. The van der Waals surface area contributed by atoms with E-state index in [2.05, 4.69) is 46.0 Å². The van der Waals surface area contributed by atoms with Gasteiger partial charge in [-0.15, -0.1) is 0 Å². The molecule has 0 aliphatic carbocycles. The van der Waals surface area contributed by atoms with Crippen molar-refractivity contribution in [2.24, 2.45) is 0 Å². The molecule has 3 aromatic rings. The van der Waals surface area contributed by atoms with Gasteiger partial charge in [0.05, 0.1) is 32.8 Å². The number of rotatable bonds is 5. The summed E-state index contributed by atoms with van der Waals surface area (Å²) in [7, 11) is 3.37. The van der Waals surface area contributed by atoms with Gasteiger partial charge in [0.2, 0.25) is 0 Å². The number of methoxy groups -OCH3 is 2. The first kappa shape index (κ1) is 16.8. The molecule has 0 saturated carbocycles. The average molecular weight is 352 g/mol. The van der Waals surface area contributed by atoms with E-state index in [4.69, 9.17) is 13.9 Å². The van der Waals surface area contributed by atoms with Gasteiger partial charge in [-0.2, -0.15) is 0 Å². The molecule has 26 heavy (non-hydrogen) atoms. The summed E-state index contributed by atoms with van der Waals surface area (Å²) in [6.07, 6.45) is 6.88. The highest BCUT2D eigenvalue weighted by atomic mass is 16.5. The van der Waals surface area contributed by atoms with Crippen molar-refractivity contribution in [3.63, 3.8) is 0 Å². The molecule has 0 bridgehead atoms. The molecule has 0 amide bonds. The Labute approximate surface area is 153 Å². The van der Waals surface area contributed by atoms with E-state index in [1.807, 2.05) is 12.3 Å². The van der Waals surface area contributed by atoms with E-state index in [1.54, 1.807) is 20.5 Å². The molecule has 0 N–H and O–H groups in total. The van der Waals surface area contributed by atoms with Crippen LogP contribution in [0.1, 0.15) is 29.3 Å². The Morgan fingerprint density at radius 3 is 2.58 bits per heavy atom. The van der Waals surface area contributed by atoms with Crippen LogP contribution in [0.4, 0.5) is 0 Å². The number of aryl methyl sites for hydroxylation is 1. The van der Waals surface area contributed by atoms with Crippen molar-refractivity contribution in [3.05, 3.63) is 71.9 Å². The molecule has 3 heterocycles. The molecule has 5 heteroatoms. The highest BCUT2D eigenvalue weighted by Gasteiger charge is 2.28. The first-order chi connectivity index (χ1) is 12.8. The Balaban J connectivity index is 1.70. The first-order valence-electron chi connectivity index (χ1n) is 8.91. The van der Waals surface area contributed by atoms with Crippen molar-refractivity contribution in [2.45, 2.75) is 25.6 Å². The fraction of sp³-hybridized carbons (Fsp3) is 0.333. The number of aromatic nitrogens is 1. The van der Waals surface area contributed by atoms with Crippen LogP contribution in [0.3, 0.4) is 0 Å². The van der Waals surface area contributed by atoms with E-state index in [-0.39, 0.29) is 6.04 Å². The predicted molar refractivity (Wildman–Crippen MR) is 99.6 cm³/mol. The number of benzene rings is 1. The van der Waals surface area contributed by atoms with Gasteiger partial charge in [-0.25, -0.2) is 0 Å². The Kier molecular flexibility index (Phi) is 4.71. The van der Waals surface area contributed by atoms with Crippen LogP contribution in [-0.4, -0.2) is 30.2 Å². The number of furan rings is 1. The molecule has 1 aliphatic rings. The maximum atomic E-state index is 5.44. The van der Waals surface area contributed by atoms with Crippen molar-refractivity contribution in [1.82, 2.24) is 9.47 Å². The van der Waals surface area contributed by atoms with Crippen molar-refractivity contribution in [3.8, 4) is 11.5 Å². The maximum Gasteiger partial charge on any atom is 0.122 e. The van der Waals surface area contributed by atoms with E-state index in [0.717, 1.165) is 37.6 Å². The van der Waals surface area contributed by atoms with Crippen LogP contribution in [0.5, 0.6) is 11.5 Å². The third-order valence-corrected chi connectivity index (χ3v) is 5.01. The van der Waals surface area contributed by atoms with Crippen LogP contribution in [0.15, 0.2) is 59.5 Å². The van der Waals surface area contributed by atoms with Crippen molar-refractivity contribution >= 4 is 0 Å². The van der Waals surface area contributed by atoms with Gasteiger partial charge in [-0.05, 0) is 42.3 Å². The lowest BCUT2D eigenvalue weighted by Crippen LogP contribution is -2.29. The van der Waals surface area contributed by atoms with E-state index in [1.165, 1.54) is 16.8 Å². The standard InChI is InChI=1S/C21H24N2O3/c1-24-18-11-16(12-19(13-18)25-2)14-23-9-4-8-22-7-3-5-20(22)21(23)17-6-10-26-15-17/h3,5-7,10-13,15,21H,4,8-9,14H2,1-2H3. The molecule has 1 unspecified atom stereocenters. The van der Waals surface area contributed by atoms with Crippen molar-refractivity contribution < 1.29 is 13.9 Å². The lowest BCUT2D eigenvalue weighted by molar-refractivity contribution is 0.219. The van der Waals surface area contributed by atoms with Crippen LogP contribution >= 0.6 is 0 Å². The van der Waals surface area contributed by atoms with Crippen molar-refractivity contribution in [1.29, 1.82) is 0 Å². The van der Waals surface area contributed by atoms with Gasteiger partial charge in [0, 0.05) is 43.2 Å². The minimum atomic E-state index is 0.170. The fourth-order valence-corrected chi connectivity index (χ4v) is 3.81. The van der Waals surface area contributed by atoms with Crippen LogP contribution in [0.2, 0.25) is 0 Å². The summed E-state index contributed by atoms with van der Waals surface area (Å²) in [5, 5.41) is 0. The third-order valence-electron chi connectivity index (χ3n) is 5.01. The normalized spacial score (nSPS) is 17.5. The Morgan fingerprint density at radius 2 is 1.88 bits per heavy atom. The summed E-state index contributed by atoms with van der Waals surface area (Å²) in [6, 6.07) is 12.6. The number of hydrogen-bond donors (Lipinski definition) is 0. The van der Waals surface area contributed by atoms with Crippen LogP contribution in [0.25, 0.3) is 0 Å². The molecule has 1 aliphatic heterocycles. The Morgan fingerprint density at radius 1 is 1.08 bits per heavy atom. The molecule has 5 nitrogen and oxygen atoms in total. The zero-order valence-electron chi connectivity index (χ0n) is 15.2. The van der Waals surface area contributed by atoms with Crippen LogP contribution in [-0.2, 0) is 13.1 Å². The highest BCUT2D eigenvalue weighted by molar-refractivity contribution is 5.39. The smallest absolute Gasteiger partial charge is 0.122 e. The molecule has 0 radical (unpaired) electrons. The molecule has 1 atom stereocenters. The summed E-state index contributed by atoms with van der Waals surface area (Å²) in [5.41, 5.74) is 3.66. The number of hydrogen-bond acceptors (Lipinski definition) is 4. The van der Waals surface area contributed by atoms with Gasteiger partial charge in [0.25, 0.3) is 0 Å². The second-order valence-corrected chi connectivity index (χ2v) is 6.63. The second kappa shape index (κ2) is 7.30. The molecular formula is C21H24N2O3. The van der Waals surface area contributed by atoms with Crippen LogP contribution < -0.4 is 9.47 Å². The molecule has 2 aromatic heterocycles. The second-order valence-electron chi connectivity index (χ2n) is 6.63. The lowest BCUT2D eigenvalue weighted by atomic mass is 10.0. The summed E-state index contributed by atoms with van der Waals surface area (Å²) in [6.45, 7) is 2.86. The van der Waals surface area contributed by atoms with Gasteiger partial charge >= 0.3 is 0 Å². The van der Waals surface area contributed by atoms with E-state index < -0.39 is 0 Å². The molecule has 1 aromatic carbocycles. The third kappa shape index (κ3) is 3.22. The quantitative estimate of drug-likeness (QED) is 0.693. The largest absolute Gasteiger partial charge is 0.497 e. The zero-order valence-corrected chi connectivity index (χ0v) is 15.2. The summed E-state index contributed by atoms with van der Waals surface area (Å²) < 4.78 is 18.6. The van der Waals surface area contributed by atoms with Gasteiger partial charge in [-0.1, -0.05) is 0 Å². The number of ether oxygens (including phenoxy) is 2. The minimum absolute atomic E-state index is 0.170. The van der Waals surface area contributed by atoms with Crippen LogP contribution in [0, 0.1) is 0 Å². The lowest BCUT2D eigenvalue weighted by Gasteiger charge is -2.29. The Hall–Kier alpha value is -2.66. The summed E-state index contributed by atoms with van der Waals surface area (Å²) >= 11 is 0. The molecule has 136 valence electrons. The van der Waals surface area contributed by atoms with Gasteiger partial charge in [-0.3, -0.25) is 4.90 Å². The first-order valence-corrected chi connectivity index (χ1v) is 8.91. The molecule has 0 spiro atoms. The highest BCUT2D eigenvalue weighted by Crippen LogP contribution is 2.34. The number of nitrogens with zero attached hydrogens (tertiary/aromatic N) is 2. The minimum Gasteiger partial charge on any atom is -0.497 e. The SMILES string of the molecule is COc1cc(CN2CCCn3cccc3C2c2ccoc2)cc(OC)c1. The summed E-state index contributed by atoms with van der Waals surface area (Å²) in [4.78, 5) is 2.50. The van der Waals surface area contributed by atoms with Gasteiger partial charge < -0.3 is 18.5 Å². The van der Waals surface area contributed by atoms with E-state index >= 15 is 0 Å². The molecule has 0 fully saturated rings. The Bertz CT molecular complexity index is 832. The monoisotopic (exact) mass is 352 g/mol. The molecule has 0 saturated heterocycles. The fourth-order valence-electron chi connectivity index (χ4n) is 3.81. The number of fused-ring (bicyclic) bond motifs is 1. The zero-order chi connectivity index (χ0) is 17.9. The topological polar surface area (TPSA) is 39.8 Å². The van der Waals surface area contributed by atoms with E-state index in [0.29, 0.717) is 0 Å². The van der Waals surface area contributed by atoms with Gasteiger partial charge in [0.15, 0.2) is 0 Å². The van der Waals surface area contributed by atoms with Gasteiger partial charge in [0.1, 0.15) is 11.5 Å². The molecular weight excluding hydrogens is 328 g/mol. The van der Waals surface area contributed by atoms with E-state index in [9.17, 15) is 0 Å². The molecule has 4 rings (SSSR count).